The van der Waals surface area contributed by atoms with Crippen LogP contribution in [0.4, 0.5) is 5.82 Å². The maximum absolute atomic E-state index is 12.6. The average molecular weight is 329 g/mol. The van der Waals surface area contributed by atoms with Crippen molar-refractivity contribution in [3.05, 3.63) is 45.7 Å². The molecule has 1 aromatic carbocycles. The number of nitrogens with one attached hydrogen (secondary N) is 1. The lowest BCUT2D eigenvalue weighted by Gasteiger charge is -2.22. The van der Waals surface area contributed by atoms with E-state index in [0.717, 1.165) is 34.8 Å². The molecular weight excluding hydrogens is 310 g/mol. The van der Waals surface area contributed by atoms with Gasteiger partial charge in [0, 0.05) is 0 Å². The second-order valence-electron chi connectivity index (χ2n) is 6.21. The van der Waals surface area contributed by atoms with Gasteiger partial charge >= 0.3 is 0 Å². The first-order valence-electron chi connectivity index (χ1n) is 7.99. The number of fused-ring (bicyclic) bond motifs is 1. The molecule has 5 nitrogen and oxygen atoms in total. The first kappa shape index (κ1) is 14.6. The minimum Gasteiger partial charge on any atom is -0.508 e. The summed E-state index contributed by atoms with van der Waals surface area (Å²) in [5.74, 6) is 1.02. The van der Waals surface area contributed by atoms with E-state index in [2.05, 4.69) is 10.1 Å². The lowest BCUT2D eigenvalue weighted by molar-refractivity contribution is 0.468. The maximum Gasteiger partial charge on any atom is 0.271 e. The number of aliphatic imine (C=N–C) groups is 1. The Morgan fingerprint density at radius 3 is 2.65 bits per heavy atom. The number of benzene rings is 1. The first-order chi connectivity index (χ1) is 11.1. The summed E-state index contributed by atoms with van der Waals surface area (Å²) in [5.41, 5.74) is 1.70. The molecule has 2 heterocycles. The highest BCUT2D eigenvalue weighted by molar-refractivity contribution is 8.14. The molecule has 2 aliphatic rings. The zero-order valence-electron chi connectivity index (χ0n) is 13.0. The number of aromatic hydroxyl groups is 1. The Labute approximate surface area is 138 Å². The van der Waals surface area contributed by atoms with Gasteiger partial charge in [-0.15, -0.1) is 0 Å². The molecule has 120 valence electrons. The summed E-state index contributed by atoms with van der Waals surface area (Å²) in [6, 6.07) is 7.44. The molecule has 0 spiro atoms. The van der Waals surface area contributed by atoms with Gasteiger partial charge < -0.3 is 5.11 Å². The van der Waals surface area contributed by atoms with E-state index in [-0.39, 0.29) is 16.6 Å². The topological polar surface area (TPSA) is 70.4 Å². The minimum absolute atomic E-state index is 0.0475. The van der Waals surface area contributed by atoms with Crippen LogP contribution in [0, 0.1) is 0 Å². The number of hydrogen-bond acceptors (Lipinski definition) is 4. The molecule has 1 aliphatic carbocycles. The normalized spacial score (nSPS) is 21.3. The lowest BCUT2D eigenvalue weighted by atomic mass is 10.1. The maximum atomic E-state index is 12.6. The van der Waals surface area contributed by atoms with Crippen LogP contribution in [-0.2, 0) is 0 Å². The molecule has 1 atom stereocenters. The predicted octanol–water partition coefficient (Wildman–Crippen LogP) is 3.88. The Hall–Kier alpha value is -1.95. The van der Waals surface area contributed by atoms with Gasteiger partial charge in [-0.25, -0.2) is 4.99 Å². The third-order valence-electron chi connectivity index (χ3n) is 4.64. The van der Waals surface area contributed by atoms with Crippen molar-refractivity contribution >= 4 is 22.6 Å². The van der Waals surface area contributed by atoms with Gasteiger partial charge in [0.1, 0.15) is 5.75 Å². The van der Waals surface area contributed by atoms with E-state index in [1.54, 1.807) is 23.9 Å². The fourth-order valence-corrected chi connectivity index (χ4v) is 4.62. The number of aromatic amines is 1. The van der Waals surface area contributed by atoms with Gasteiger partial charge in [-0.1, -0.05) is 36.7 Å². The number of phenolic OH excluding ortho intramolecular Hbond substituents is 1. The Bertz CT molecular complexity index is 813. The van der Waals surface area contributed by atoms with Crippen LogP contribution in [0.3, 0.4) is 0 Å². The second-order valence-corrected chi connectivity index (χ2v) is 7.50. The standard InChI is InChI=1S/C17H19N3O2S/c1-10-18-16-14(15(23-10)11-6-8-13(21)9-7-11)17(22)19-20(16)12-4-2-3-5-12/h6-9,12,15,21H,2-5H2,1H3,(H,19,22)/t15-/m0/s1. The van der Waals surface area contributed by atoms with E-state index >= 15 is 0 Å². The molecular formula is C17H19N3O2S. The van der Waals surface area contributed by atoms with Crippen molar-refractivity contribution in [1.82, 2.24) is 9.78 Å². The first-order valence-corrected chi connectivity index (χ1v) is 8.87. The Balaban J connectivity index is 1.83. The van der Waals surface area contributed by atoms with Gasteiger partial charge in [0.25, 0.3) is 5.56 Å². The van der Waals surface area contributed by atoms with E-state index in [0.29, 0.717) is 6.04 Å². The summed E-state index contributed by atoms with van der Waals surface area (Å²) in [6.07, 6.45) is 4.61. The van der Waals surface area contributed by atoms with Gasteiger partial charge in [0.15, 0.2) is 5.82 Å². The SMILES string of the molecule is CC1=Nc2c(c(=O)[nH]n2C2CCCC2)[C@H](c2ccc(O)cc2)S1. The zero-order chi connectivity index (χ0) is 16.0. The molecule has 0 amide bonds. The molecule has 1 saturated carbocycles. The van der Waals surface area contributed by atoms with Gasteiger partial charge in [-0.3, -0.25) is 14.6 Å². The lowest BCUT2D eigenvalue weighted by Crippen LogP contribution is -2.13. The van der Waals surface area contributed by atoms with Crippen molar-refractivity contribution in [2.24, 2.45) is 4.99 Å². The molecule has 2 N–H and O–H groups in total. The van der Waals surface area contributed by atoms with Crippen molar-refractivity contribution < 1.29 is 5.11 Å². The molecule has 1 fully saturated rings. The third-order valence-corrected chi connectivity index (χ3v) is 5.81. The van der Waals surface area contributed by atoms with E-state index in [9.17, 15) is 9.90 Å². The molecule has 0 saturated heterocycles. The quantitative estimate of drug-likeness (QED) is 0.878. The van der Waals surface area contributed by atoms with Crippen LogP contribution in [0.2, 0.25) is 0 Å². The molecule has 23 heavy (non-hydrogen) atoms. The van der Waals surface area contributed by atoms with E-state index in [4.69, 9.17) is 0 Å². The van der Waals surface area contributed by atoms with Crippen LogP contribution in [0.5, 0.6) is 5.75 Å². The Morgan fingerprint density at radius 2 is 1.96 bits per heavy atom. The molecule has 4 rings (SSSR count). The van der Waals surface area contributed by atoms with Crippen LogP contribution >= 0.6 is 11.8 Å². The van der Waals surface area contributed by atoms with Gasteiger partial charge in [0.2, 0.25) is 0 Å². The van der Waals surface area contributed by atoms with Crippen LogP contribution in [-0.4, -0.2) is 19.9 Å². The monoisotopic (exact) mass is 329 g/mol. The number of nitrogens with zero attached hydrogens (tertiary/aromatic N) is 2. The summed E-state index contributed by atoms with van der Waals surface area (Å²) in [4.78, 5) is 17.3. The molecule has 1 aliphatic heterocycles. The Morgan fingerprint density at radius 1 is 1.26 bits per heavy atom. The number of H-pyrrole nitrogens is 1. The highest BCUT2D eigenvalue weighted by Gasteiger charge is 2.32. The van der Waals surface area contributed by atoms with Crippen molar-refractivity contribution in [3.63, 3.8) is 0 Å². The number of thioether (sulfide) groups is 1. The summed E-state index contributed by atoms with van der Waals surface area (Å²) in [6.45, 7) is 1.98. The van der Waals surface area contributed by atoms with Crippen LogP contribution < -0.4 is 5.56 Å². The molecule has 2 aromatic rings. The van der Waals surface area contributed by atoms with Crippen molar-refractivity contribution in [1.29, 1.82) is 0 Å². The zero-order valence-corrected chi connectivity index (χ0v) is 13.8. The predicted molar refractivity (Wildman–Crippen MR) is 92.9 cm³/mol. The van der Waals surface area contributed by atoms with Crippen LogP contribution in [0.25, 0.3) is 0 Å². The van der Waals surface area contributed by atoms with E-state index in [1.165, 1.54) is 12.8 Å². The molecule has 1 aromatic heterocycles. The van der Waals surface area contributed by atoms with Crippen molar-refractivity contribution in [2.75, 3.05) is 0 Å². The number of aromatic nitrogens is 2. The second kappa shape index (κ2) is 5.60. The van der Waals surface area contributed by atoms with E-state index < -0.39 is 0 Å². The van der Waals surface area contributed by atoms with Gasteiger partial charge in [0.05, 0.1) is 21.9 Å². The number of hydrogen-bond donors (Lipinski definition) is 2. The molecule has 6 heteroatoms. The Kier molecular flexibility index (Phi) is 3.56. The number of phenols is 1. The minimum atomic E-state index is -0.0745. The van der Waals surface area contributed by atoms with Crippen LogP contribution in [0.1, 0.15) is 55.0 Å². The summed E-state index contributed by atoms with van der Waals surface area (Å²) in [5, 5.41) is 13.4. The molecule has 0 radical (unpaired) electrons. The average Bonchev–Trinajstić information content (AvgIpc) is 3.15. The highest BCUT2D eigenvalue weighted by Crippen LogP contribution is 2.45. The third kappa shape index (κ3) is 2.51. The van der Waals surface area contributed by atoms with Crippen molar-refractivity contribution in [3.8, 4) is 5.75 Å². The van der Waals surface area contributed by atoms with Crippen molar-refractivity contribution in [2.45, 2.75) is 43.9 Å². The smallest absolute Gasteiger partial charge is 0.271 e. The van der Waals surface area contributed by atoms with E-state index in [1.807, 2.05) is 23.7 Å². The summed E-state index contributed by atoms with van der Waals surface area (Å²) >= 11 is 1.59. The summed E-state index contributed by atoms with van der Waals surface area (Å²) < 4.78 is 1.99. The fraction of sp³-hybridized carbons (Fsp3) is 0.412. The molecule has 0 unspecified atom stereocenters. The highest BCUT2D eigenvalue weighted by atomic mass is 32.2. The number of rotatable bonds is 2. The fourth-order valence-electron chi connectivity index (χ4n) is 3.52. The molecule has 0 bridgehead atoms. The van der Waals surface area contributed by atoms with Gasteiger partial charge in [-0.2, -0.15) is 0 Å². The summed E-state index contributed by atoms with van der Waals surface area (Å²) in [7, 11) is 0. The van der Waals surface area contributed by atoms with Crippen LogP contribution in [0.15, 0.2) is 34.1 Å². The largest absolute Gasteiger partial charge is 0.508 e. The van der Waals surface area contributed by atoms with Gasteiger partial charge in [-0.05, 0) is 37.5 Å².